The van der Waals surface area contributed by atoms with Gasteiger partial charge in [0.25, 0.3) is 0 Å². The maximum atomic E-state index is 5.48. The predicted octanol–water partition coefficient (Wildman–Crippen LogP) is 3.65. The number of methoxy groups -OCH3 is 1. The number of thioether (sulfide) groups is 1. The number of ether oxygens (including phenoxy) is 2. The summed E-state index contributed by atoms with van der Waals surface area (Å²) in [5.41, 5.74) is 1.08. The lowest BCUT2D eigenvalue weighted by molar-refractivity contribution is 0.311. The quantitative estimate of drug-likeness (QED) is 0.693. The van der Waals surface area contributed by atoms with E-state index in [4.69, 9.17) is 9.47 Å². The molecule has 0 aliphatic rings. The van der Waals surface area contributed by atoms with Crippen LogP contribution in [0.25, 0.3) is 0 Å². The molecule has 0 radical (unpaired) electrons. The van der Waals surface area contributed by atoms with Crippen molar-refractivity contribution in [1.29, 1.82) is 0 Å². The van der Waals surface area contributed by atoms with Crippen LogP contribution in [0, 0.1) is 0 Å². The summed E-state index contributed by atoms with van der Waals surface area (Å²) in [6.07, 6.45) is 4.59. The Labute approximate surface area is 114 Å². The van der Waals surface area contributed by atoms with Crippen LogP contribution in [-0.2, 0) is 0 Å². The topological polar surface area (TPSA) is 30.5 Å². The third-order valence-corrected chi connectivity index (χ3v) is 3.26. The van der Waals surface area contributed by atoms with Gasteiger partial charge in [0, 0.05) is 18.3 Å². The van der Waals surface area contributed by atoms with Gasteiger partial charge >= 0.3 is 0 Å². The molecule has 0 aliphatic carbocycles. The number of unbranched alkanes of at least 4 members (excludes halogenated alkanes) is 1. The molecule has 0 bridgehead atoms. The zero-order valence-electron chi connectivity index (χ0n) is 11.5. The van der Waals surface area contributed by atoms with E-state index in [1.165, 1.54) is 18.6 Å². The van der Waals surface area contributed by atoms with E-state index in [-0.39, 0.29) is 0 Å². The molecule has 1 N–H and O–H groups in total. The molecule has 0 saturated carbocycles. The van der Waals surface area contributed by atoms with Gasteiger partial charge in [-0.2, -0.15) is 11.8 Å². The zero-order valence-corrected chi connectivity index (χ0v) is 12.3. The Bertz CT molecular complexity index is 345. The Morgan fingerprint density at radius 2 is 2.06 bits per heavy atom. The maximum absolute atomic E-state index is 5.48. The van der Waals surface area contributed by atoms with Gasteiger partial charge < -0.3 is 14.8 Å². The van der Waals surface area contributed by atoms with Crippen molar-refractivity contribution in [3.8, 4) is 11.5 Å². The number of nitrogens with one attached hydrogen (secondary N) is 1. The largest absolute Gasteiger partial charge is 0.493 e. The van der Waals surface area contributed by atoms with Crippen LogP contribution in [0.3, 0.4) is 0 Å². The van der Waals surface area contributed by atoms with Crippen molar-refractivity contribution in [2.24, 2.45) is 0 Å². The Kier molecular flexibility index (Phi) is 7.49. The summed E-state index contributed by atoms with van der Waals surface area (Å²) >= 11 is 1.90. The van der Waals surface area contributed by atoms with Gasteiger partial charge in [0.2, 0.25) is 0 Å². The second-order valence-electron chi connectivity index (χ2n) is 3.93. The molecule has 0 atom stereocenters. The number of rotatable bonds is 9. The zero-order chi connectivity index (χ0) is 13.2. The minimum Gasteiger partial charge on any atom is -0.493 e. The van der Waals surface area contributed by atoms with E-state index < -0.39 is 0 Å². The van der Waals surface area contributed by atoms with Crippen LogP contribution < -0.4 is 14.8 Å². The molecule has 0 aliphatic heterocycles. The van der Waals surface area contributed by atoms with Crippen molar-refractivity contribution in [3.05, 3.63) is 18.2 Å². The molecule has 102 valence electrons. The fourth-order valence-corrected chi connectivity index (χ4v) is 2.15. The van der Waals surface area contributed by atoms with Crippen LogP contribution in [0.4, 0.5) is 5.69 Å². The lowest BCUT2D eigenvalue weighted by atomic mass is 10.2. The fourth-order valence-electron chi connectivity index (χ4n) is 1.66. The molecule has 0 amide bonds. The Balaban J connectivity index is 2.46. The van der Waals surface area contributed by atoms with Crippen molar-refractivity contribution in [2.45, 2.75) is 19.8 Å². The standard InChI is InChI=1S/C14H23NO2S/c1-4-17-13-8-7-12(11-14(13)16-2)15-9-5-6-10-18-3/h7-8,11,15H,4-6,9-10H2,1-3H3. The first kappa shape index (κ1) is 15.0. The molecule has 0 saturated heterocycles. The van der Waals surface area contributed by atoms with Gasteiger partial charge in [-0.05, 0) is 43.9 Å². The summed E-state index contributed by atoms with van der Waals surface area (Å²) < 4.78 is 10.8. The molecular weight excluding hydrogens is 246 g/mol. The van der Waals surface area contributed by atoms with Crippen molar-refractivity contribution < 1.29 is 9.47 Å². The highest BCUT2D eigenvalue weighted by Crippen LogP contribution is 2.30. The van der Waals surface area contributed by atoms with Crippen LogP contribution in [0.1, 0.15) is 19.8 Å². The average Bonchev–Trinajstić information content (AvgIpc) is 2.40. The molecule has 3 nitrogen and oxygen atoms in total. The molecule has 0 fully saturated rings. The summed E-state index contributed by atoms with van der Waals surface area (Å²) in [4.78, 5) is 0. The van der Waals surface area contributed by atoms with Gasteiger partial charge in [-0.3, -0.25) is 0 Å². The van der Waals surface area contributed by atoms with Crippen molar-refractivity contribution in [1.82, 2.24) is 0 Å². The van der Waals surface area contributed by atoms with Crippen LogP contribution in [0.2, 0.25) is 0 Å². The van der Waals surface area contributed by atoms with Crippen molar-refractivity contribution >= 4 is 17.4 Å². The molecular formula is C14H23NO2S. The van der Waals surface area contributed by atoms with Gasteiger partial charge in [0.1, 0.15) is 0 Å². The van der Waals surface area contributed by atoms with Crippen LogP contribution >= 0.6 is 11.8 Å². The monoisotopic (exact) mass is 269 g/mol. The Morgan fingerprint density at radius 3 is 2.72 bits per heavy atom. The molecule has 0 aromatic heterocycles. The van der Waals surface area contributed by atoms with Crippen molar-refractivity contribution in [3.63, 3.8) is 0 Å². The number of benzene rings is 1. The first-order valence-electron chi connectivity index (χ1n) is 6.35. The number of hydrogen-bond donors (Lipinski definition) is 1. The van der Waals surface area contributed by atoms with E-state index in [9.17, 15) is 0 Å². The Morgan fingerprint density at radius 1 is 1.22 bits per heavy atom. The summed E-state index contributed by atoms with van der Waals surface area (Å²) in [6.45, 7) is 3.62. The smallest absolute Gasteiger partial charge is 0.162 e. The second-order valence-corrected chi connectivity index (χ2v) is 4.91. The third-order valence-electron chi connectivity index (χ3n) is 2.57. The van der Waals surface area contributed by atoms with Gasteiger partial charge in [0.15, 0.2) is 11.5 Å². The van der Waals surface area contributed by atoms with Gasteiger partial charge in [-0.1, -0.05) is 0 Å². The van der Waals surface area contributed by atoms with E-state index in [2.05, 4.69) is 11.6 Å². The molecule has 4 heteroatoms. The SMILES string of the molecule is CCOc1ccc(NCCCCSC)cc1OC. The second kappa shape index (κ2) is 8.97. The molecule has 18 heavy (non-hydrogen) atoms. The van der Waals surface area contributed by atoms with Gasteiger partial charge in [-0.15, -0.1) is 0 Å². The predicted molar refractivity (Wildman–Crippen MR) is 80.3 cm³/mol. The van der Waals surface area contributed by atoms with Crippen molar-refractivity contribution in [2.75, 3.05) is 37.6 Å². The molecule has 1 rings (SSSR count). The van der Waals surface area contributed by atoms with Gasteiger partial charge in [-0.25, -0.2) is 0 Å². The highest BCUT2D eigenvalue weighted by atomic mass is 32.2. The lowest BCUT2D eigenvalue weighted by Crippen LogP contribution is -2.03. The Hall–Kier alpha value is -1.03. The van der Waals surface area contributed by atoms with Crippen LogP contribution in [0.5, 0.6) is 11.5 Å². The lowest BCUT2D eigenvalue weighted by Gasteiger charge is -2.12. The third kappa shape index (κ3) is 5.08. The highest BCUT2D eigenvalue weighted by Gasteiger charge is 2.04. The molecule has 1 aromatic carbocycles. The average molecular weight is 269 g/mol. The van der Waals surface area contributed by atoms with Gasteiger partial charge in [0.05, 0.1) is 13.7 Å². The van der Waals surface area contributed by atoms with E-state index in [1.807, 2.05) is 36.9 Å². The number of hydrogen-bond acceptors (Lipinski definition) is 4. The minimum atomic E-state index is 0.651. The summed E-state index contributed by atoms with van der Waals surface area (Å²) in [5.74, 6) is 2.81. The first-order valence-corrected chi connectivity index (χ1v) is 7.74. The fraction of sp³-hybridized carbons (Fsp3) is 0.571. The molecule has 0 heterocycles. The molecule has 0 unspecified atom stereocenters. The molecule has 0 spiro atoms. The van der Waals surface area contributed by atoms with E-state index in [0.29, 0.717) is 6.61 Å². The van der Waals surface area contributed by atoms with E-state index >= 15 is 0 Å². The first-order chi connectivity index (χ1) is 8.81. The summed E-state index contributed by atoms with van der Waals surface area (Å²) in [6, 6.07) is 5.97. The highest BCUT2D eigenvalue weighted by molar-refractivity contribution is 7.98. The summed E-state index contributed by atoms with van der Waals surface area (Å²) in [5, 5.41) is 3.40. The summed E-state index contributed by atoms with van der Waals surface area (Å²) in [7, 11) is 1.67. The van der Waals surface area contributed by atoms with E-state index in [0.717, 1.165) is 23.7 Å². The van der Waals surface area contributed by atoms with Crippen LogP contribution in [0.15, 0.2) is 18.2 Å². The maximum Gasteiger partial charge on any atom is 0.162 e. The number of anilines is 1. The normalized spacial score (nSPS) is 10.2. The molecule has 1 aromatic rings. The minimum absolute atomic E-state index is 0.651. The van der Waals surface area contributed by atoms with Crippen LogP contribution in [-0.4, -0.2) is 32.3 Å². The van der Waals surface area contributed by atoms with E-state index in [1.54, 1.807) is 7.11 Å².